The van der Waals surface area contributed by atoms with Gasteiger partial charge in [-0.2, -0.15) is 0 Å². The molecule has 0 bridgehead atoms. The molecule has 1 saturated heterocycles. The molecule has 1 aliphatic heterocycles. The summed E-state index contributed by atoms with van der Waals surface area (Å²) < 4.78 is 1.98. The van der Waals surface area contributed by atoms with Crippen molar-refractivity contribution in [1.29, 1.82) is 0 Å². The van der Waals surface area contributed by atoms with E-state index in [2.05, 4.69) is 24.1 Å². The Bertz CT molecular complexity index is 470. The minimum atomic E-state index is -0.190. The van der Waals surface area contributed by atoms with Crippen molar-refractivity contribution in [3.05, 3.63) is 18.7 Å². The molecule has 21 heavy (non-hydrogen) atoms. The van der Waals surface area contributed by atoms with Gasteiger partial charge < -0.3 is 14.8 Å². The quantitative estimate of drug-likeness (QED) is 0.759. The van der Waals surface area contributed by atoms with E-state index < -0.39 is 0 Å². The van der Waals surface area contributed by atoms with Crippen molar-refractivity contribution in [3.63, 3.8) is 0 Å². The highest BCUT2D eigenvalue weighted by Gasteiger charge is 2.34. The number of amides is 2. The fraction of sp³-hybridized carbons (Fsp3) is 0.667. The molecule has 1 aromatic rings. The molecular formula is C15H24N4O2. The fourth-order valence-corrected chi connectivity index (χ4v) is 2.60. The van der Waals surface area contributed by atoms with Gasteiger partial charge in [-0.3, -0.25) is 9.59 Å². The van der Waals surface area contributed by atoms with Crippen LogP contribution >= 0.6 is 0 Å². The normalized spacial score (nSPS) is 18.5. The predicted octanol–water partition coefficient (Wildman–Crippen LogP) is 0.894. The van der Waals surface area contributed by atoms with Crippen molar-refractivity contribution in [2.24, 2.45) is 11.8 Å². The topological polar surface area (TPSA) is 67.2 Å². The standard InChI is InChI=1S/C15H24N4O2/c1-12(2)9-19-10-13(8-14(19)20)15(21)17-4-3-6-18-7-5-16-11-18/h5,7,11-13H,3-4,6,8-10H2,1-2H3,(H,17,21). The first-order valence-electron chi connectivity index (χ1n) is 7.57. The summed E-state index contributed by atoms with van der Waals surface area (Å²) in [7, 11) is 0. The van der Waals surface area contributed by atoms with Gasteiger partial charge in [0.2, 0.25) is 11.8 Å². The van der Waals surface area contributed by atoms with Gasteiger partial charge in [0.25, 0.3) is 0 Å². The van der Waals surface area contributed by atoms with Crippen LogP contribution in [0.3, 0.4) is 0 Å². The third kappa shape index (κ3) is 4.58. The van der Waals surface area contributed by atoms with E-state index in [0.29, 0.717) is 25.4 Å². The molecule has 0 saturated carbocycles. The molecule has 2 heterocycles. The average Bonchev–Trinajstić information content (AvgIpc) is 3.05. The fourth-order valence-electron chi connectivity index (χ4n) is 2.60. The van der Waals surface area contributed by atoms with Crippen LogP contribution in [0.15, 0.2) is 18.7 Å². The second-order valence-corrected chi connectivity index (χ2v) is 6.04. The second kappa shape index (κ2) is 7.24. The second-order valence-electron chi connectivity index (χ2n) is 6.04. The summed E-state index contributed by atoms with van der Waals surface area (Å²) in [5.74, 6) is 0.345. The van der Waals surface area contributed by atoms with E-state index in [-0.39, 0.29) is 17.7 Å². The van der Waals surface area contributed by atoms with Gasteiger partial charge in [0.15, 0.2) is 0 Å². The molecule has 0 spiro atoms. The number of nitrogens with one attached hydrogen (secondary N) is 1. The Labute approximate surface area is 125 Å². The van der Waals surface area contributed by atoms with Gasteiger partial charge in [0, 0.05) is 45.0 Å². The van der Waals surface area contributed by atoms with Gasteiger partial charge in [-0.05, 0) is 12.3 Å². The van der Waals surface area contributed by atoms with Crippen molar-refractivity contribution in [2.45, 2.75) is 33.2 Å². The first-order chi connectivity index (χ1) is 10.1. The van der Waals surface area contributed by atoms with E-state index >= 15 is 0 Å². The molecule has 116 valence electrons. The number of carbonyl (C=O) groups is 2. The molecule has 1 unspecified atom stereocenters. The number of likely N-dealkylation sites (tertiary alicyclic amines) is 1. The molecular weight excluding hydrogens is 268 g/mol. The van der Waals surface area contributed by atoms with Crippen LogP contribution in [-0.2, 0) is 16.1 Å². The molecule has 6 nitrogen and oxygen atoms in total. The molecule has 1 aromatic heterocycles. The highest BCUT2D eigenvalue weighted by Crippen LogP contribution is 2.19. The highest BCUT2D eigenvalue weighted by atomic mass is 16.2. The van der Waals surface area contributed by atoms with E-state index in [0.717, 1.165) is 19.5 Å². The summed E-state index contributed by atoms with van der Waals surface area (Å²) in [6.45, 7) is 6.93. The summed E-state index contributed by atoms with van der Waals surface area (Å²) in [4.78, 5) is 29.7. The van der Waals surface area contributed by atoms with Crippen LogP contribution < -0.4 is 5.32 Å². The first kappa shape index (κ1) is 15.5. The molecule has 1 fully saturated rings. The molecule has 1 atom stereocenters. The Morgan fingerprint density at radius 3 is 3.00 bits per heavy atom. The summed E-state index contributed by atoms with van der Waals surface area (Å²) in [5.41, 5.74) is 0. The van der Waals surface area contributed by atoms with Crippen molar-refractivity contribution in [2.75, 3.05) is 19.6 Å². The van der Waals surface area contributed by atoms with E-state index in [1.165, 1.54) is 0 Å². The van der Waals surface area contributed by atoms with Crippen LogP contribution in [0.1, 0.15) is 26.7 Å². The smallest absolute Gasteiger partial charge is 0.225 e. The van der Waals surface area contributed by atoms with E-state index in [1.807, 2.05) is 10.8 Å². The monoisotopic (exact) mass is 292 g/mol. The van der Waals surface area contributed by atoms with Crippen molar-refractivity contribution >= 4 is 11.8 Å². The van der Waals surface area contributed by atoms with Crippen LogP contribution in [0.2, 0.25) is 0 Å². The number of aryl methyl sites for hydroxylation is 1. The number of nitrogens with zero attached hydrogens (tertiary/aromatic N) is 3. The van der Waals surface area contributed by atoms with Gasteiger partial charge in [0.1, 0.15) is 0 Å². The van der Waals surface area contributed by atoms with Crippen LogP contribution in [-0.4, -0.2) is 45.9 Å². The first-order valence-corrected chi connectivity index (χ1v) is 7.57. The number of aromatic nitrogens is 2. The zero-order valence-corrected chi connectivity index (χ0v) is 12.8. The third-order valence-corrected chi connectivity index (χ3v) is 3.62. The molecule has 0 radical (unpaired) electrons. The average molecular weight is 292 g/mol. The molecule has 1 N–H and O–H groups in total. The predicted molar refractivity (Wildman–Crippen MR) is 79.4 cm³/mol. The lowest BCUT2D eigenvalue weighted by Crippen LogP contribution is -2.34. The lowest BCUT2D eigenvalue weighted by Gasteiger charge is -2.18. The van der Waals surface area contributed by atoms with Gasteiger partial charge >= 0.3 is 0 Å². The molecule has 1 aliphatic rings. The zero-order valence-electron chi connectivity index (χ0n) is 12.8. The maximum Gasteiger partial charge on any atom is 0.225 e. The number of hydrogen-bond donors (Lipinski definition) is 1. The molecule has 6 heteroatoms. The van der Waals surface area contributed by atoms with Crippen molar-refractivity contribution < 1.29 is 9.59 Å². The van der Waals surface area contributed by atoms with Gasteiger partial charge in [-0.25, -0.2) is 4.98 Å². The van der Waals surface area contributed by atoms with Gasteiger partial charge in [-0.15, -0.1) is 0 Å². The van der Waals surface area contributed by atoms with Crippen LogP contribution in [0, 0.1) is 11.8 Å². The Morgan fingerprint density at radius 1 is 1.52 bits per heavy atom. The lowest BCUT2D eigenvalue weighted by molar-refractivity contribution is -0.129. The molecule has 0 aromatic carbocycles. The van der Waals surface area contributed by atoms with Crippen LogP contribution in [0.25, 0.3) is 0 Å². The SMILES string of the molecule is CC(C)CN1CC(C(=O)NCCCn2ccnc2)CC1=O. The number of imidazole rings is 1. The third-order valence-electron chi connectivity index (χ3n) is 3.62. The Hall–Kier alpha value is -1.85. The number of carbonyl (C=O) groups excluding carboxylic acids is 2. The van der Waals surface area contributed by atoms with Crippen molar-refractivity contribution in [1.82, 2.24) is 19.8 Å². The number of hydrogen-bond acceptors (Lipinski definition) is 3. The maximum atomic E-state index is 12.1. The Kier molecular flexibility index (Phi) is 5.36. The summed E-state index contributed by atoms with van der Waals surface area (Å²) in [5, 5.41) is 2.93. The van der Waals surface area contributed by atoms with E-state index in [1.54, 1.807) is 17.4 Å². The molecule has 2 rings (SSSR count). The largest absolute Gasteiger partial charge is 0.356 e. The zero-order chi connectivity index (χ0) is 15.2. The minimum absolute atomic E-state index is 0.000220. The van der Waals surface area contributed by atoms with E-state index in [9.17, 15) is 9.59 Å². The van der Waals surface area contributed by atoms with Crippen LogP contribution in [0.4, 0.5) is 0 Å². The van der Waals surface area contributed by atoms with Gasteiger partial charge in [0.05, 0.1) is 12.2 Å². The van der Waals surface area contributed by atoms with Gasteiger partial charge in [-0.1, -0.05) is 13.8 Å². The highest BCUT2D eigenvalue weighted by molar-refractivity contribution is 5.89. The summed E-state index contributed by atoms with van der Waals surface area (Å²) >= 11 is 0. The number of rotatable bonds is 7. The summed E-state index contributed by atoms with van der Waals surface area (Å²) in [6.07, 6.45) is 6.62. The lowest BCUT2D eigenvalue weighted by atomic mass is 10.1. The Balaban J connectivity index is 1.68. The summed E-state index contributed by atoms with van der Waals surface area (Å²) in [6, 6.07) is 0. The van der Waals surface area contributed by atoms with E-state index in [4.69, 9.17) is 0 Å². The maximum absolute atomic E-state index is 12.1. The van der Waals surface area contributed by atoms with Crippen molar-refractivity contribution in [3.8, 4) is 0 Å². The molecule has 2 amide bonds. The molecule has 0 aliphatic carbocycles. The minimum Gasteiger partial charge on any atom is -0.356 e. The Morgan fingerprint density at radius 2 is 2.33 bits per heavy atom. The van der Waals surface area contributed by atoms with Crippen LogP contribution in [0.5, 0.6) is 0 Å².